The Labute approximate surface area is 124 Å². The summed E-state index contributed by atoms with van der Waals surface area (Å²) in [6.45, 7) is 0.781. The molecule has 0 spiro atoms. The first-order valence-electron chi connectivity index (χ1n) is 7.13. The summed E-state index contributed by atoms with van der Waals surface area (Å²) in [5.74, 6) is 0.844. The lowest BCUT2D eigenvalue weighted by atomic mass is 10.1. The first kappa shape index (κ1) is 13.7. The van der Waals surface area contributed by atoms with Gasteiger partial charge in [0.05, 0.1) is 12.6 Å². The van der Waals surface area contributed by atoms with E-state index < -0.39 is 0 Å². The Kier molecular flexibility index (Phi) is 4.08. The van der Waals surface area contributed by atoms with Crippen LogP contribution in [0.5, 0.6) is 5.75 Å². The topological polar surface area (TPSA) is 34.1 Å². The van der Waals surface area contributed by atoms with Gasteiger partial charge in [-0.2, -0.15) is 0 Å². The van der Waals surface area contributed by atoms with Gasteiger partial charge in [0.25, 0.3) is 0 Å². The van der Waals surface area contributed by atoms with Crippen molar-refractivity contribution in [2.75, 3.05) is 7.11 Å². The van der Waals surface area contributed by atoms with Gasteiger partial charge in [-0.15, -0.1) is 0 Å². The SMILES string of the molecule is COc1ccc2nc(Cl)c(CNC3CCCC3)cc2c1. The van der Waals surface area contributed by atoms with Crippen molar-refractivity contribution < 1.29 is 4.74 Å². The fourth-order valence-corrected chi connectivity index (χ4v) is 3.02. The average Bonchev–Trinajstić information content (AvgIpc) is 2.98. The number of hydrogen-bond donors (Lipinski definition) is 1. The summed E-state index contributed by atoms with van der Waals surface area (Å²) in [5, 5.41) is 5.23. The van der Waals surface area contributed by atoms with Crippen LogP contribution in [0.2, 0.25) is 5.15 Å². The minimum atomic E-state index is 0.591. The lowest BCUT2D eigenvalue weighted by Crippen LogP contribution is -2.25. The predicted octanol–water partition coefficient (Wildman–Crippen LogP) is 3.93. The van der Waals surface area contributed by atoms with Crippen LogP contribution >= 0.6 is 11.6 Å². The molecule has 0 aliphatic heterocycles. The van der Waals surface area contributed by atoms with E-state index in [1.807, 2.05) is 18.2 Å². The maximum absolute atomic E-state index is 6.28. The van der Waals surface area contributed by atoms with Crippen LogP contribution in [0.25, 0.3) is 10.9 Å². The molecule has 0 radical (unpaired) electrons. The van der Waals surface area contributed by atoms with E-state index in [2.05, 4.69) is 16.4 Å². The fourth-order valence-electron chi connectivity index (χ4n) is 2.81. The smallest absolute Gasteiger partial charge is 0.134 e. The zero-order valence-corrected chi connectivity index (χ0v) is 12.4. The number of pyridine rings is 1. The number of hydrogen-bond acceptors (Lipinski definition) is 3. The minimum absolute atomic E-state index is 0.591. The van der Waals surface area contributed by atoms with Crippen LogP contribution in [0.3, 0.4) is 0 Å². The normalized spacial score (nSPS) is 15.9. The number of nitrogens with zero attached hydrogens (tertiary/aromatic N) is 1. The van der Waals surface area contributed by atoms with Gasteiger partial charge in [-0.25, -0.2) is 4.98 Å². The van der Waals surface area contributed by atoms with Gasteiger partial charge in [0.15, 0.2) is 0 Å². The first-order chi connectivity index (χ1) is 9.76. The molecule has 106 valence electrons. The van der Waals surface area contributed by atoms with Gasteiger partial charge in [0.2, 0.25) is 0 Å². The van der Waals surface area contributed by atoms with E-state index in [1.54, 1.807) is 7.11 Å². The van der Waals surface area contributed by atoms with E-state index in [0.717, 1.165) is 28.8 Å². The minimum Gasteiger partial charge on any atom is -0.497 e. The predicted molar refractivity (Wildman–Crippen MR) is 82.4 cm³/mol. The van der Waals surface area contributed by atoms with Crippen molar-refractivity contribution in [1.29, 1.82) is 0 Å². The first-order valence-corrected chi connectivity index (χ1v) is 7.50. The third kappa shape index (κ3) is 2.89. The number of methoxy groups -OCH3 is 1. The summed E-state index contributed by atoms with van der Waals surface area (Å²) in [4.78, 5) is 4.47. The van der Waals surface area contributed by atoms with Crippen molar-refractivity contribution in [2.45, 2.75) is 38.3 Å². The second kappa shape index (κ2) is 5.98. The molecule has 0 bridgehead atoms. The second-order valence-corrected chi connectivity index (χ2v) is 5.72. The molecule has 0 amide bonds. The van der Waals surface area contributed by atoms with Gasteiger partial charge >= 0.3 is 0 Å². The Morgan fingerprint density at radius 3 is 2.85 bits per heavy atom. The number of aromatic nitrogens is 1. The van der Waals surface area contributed by atoms with E-state index in [1.165, 1.54) is 25.7 Å². The number of halogens is 1. The maximum atomic E-state index is 6.28. The van der Waals surface area contributed by atoms with E-state index in [0.29, 0.717) is 11.2 Å². The molecule has 1 fully saturated rings. The molecular formula is C16H19ClN2O. The summed E-state index contributed by atoms with van der Waals surface area (Å²) in [6.07, 6.45) is 5.20. The van der Waals surface area contributed by atoms with Crippen molar-refractivity contribution in [3.05, 3.63) is 35.0 Å². The summed E-state index contributed by atoms with van der Waals surface area (Å²) >= 11 is 6.28. The number of nitrogens with one attached hydrogen (secondary N) is 1. The van der Waals surface area contributed by atoms with Crippen molar-refractivity contribution >= 4 is 22.5 Å². The molecule has 1 aromatic heterocycles. The van der Waals surface area contributed by atoms with Crippen molar-refractivity contribution in [3.8, 4) is 5.75 Å². The number of ether oxygens (including phenoxy) is 1. The third-order valence-electron chi connectivity index (χ3n) is 3.98. The Hall–Kier alpha value is -1.32. The van der Waals surface area contributed by atoms with Crippen LogP contribution < -0.4 is 10.1 Å². The van der Waals surface area contributed by atoms with Crippen LogP contribution in [-0.2, 0) is 6.54 Å². The molecule has 0 atom stereocenters. The third-order valence-corrected chi connectivity index (χ3v) is 4.31. The van der Waals surface area contributed by atoms with Gasteiger partial charge in [-0.3, -0.25) is 0 Å². The molecule has 0 saturated heterocycles. The van der Waals surface area contributed by atoms with E-state index in [-0.39, 0.29) is 0 Å². The maximum Gasteiger partial charge on any atom is 0.134 e. The largest absolute Gasteiger partial charge is 0.497 e. The number of fused-ring (bicyclic) bond motifs is 1. The molecule has 1 aliphatic rings. The lowest BCUT2D eigenvalue weighted by molar-refractivity contribution is 0.415. The highest BCUT2D eigenvalue weighted by molar-refractivity contribution is 6.30. The van der Waals surface area contributed by atoms with Crippen LogP contribution in [-0.4, -0.2) is 18.1 Å². The summed E-state index contributed by atoms with van der Waals surface area (Å²) in [5.41, 5.74) is 1.96. The molecule has 4 heteroatoms. The second-order valence-electron chi connectivity index (χ2n) is 5.36. The lowest BCUT2D eigenvalue weighted by Gasteiger charge is -2.13. The fraction of sp³-hybridized carbons (Fsp3) is 0.438. The summed E-state index contributed by atoms with van der Waals surface area (Å²) in [7, 11) is 1.67. The molecule has 1 heterocycles. The van der Waals surface area contributed by atoms with Crippen LogP contribution in [0.4, 0.5) is 0 Å². The molecule has 1 aromatic carbocycles. The molecular weight excluding hydrogens is 272 g/mol. The zero-order valence-electron chi connectivity index (χ0n) is 11.7. The molecule has 2 aromatic rings. The quantitative estimate of drug-likeness (QED) is 0.866. The van der Waals surface area contributed by atoms with Gasteiger partial charge in [0, 0.05) is 23.5 Å². The standard InChI is InChI=1S/C16H19ClN2O/c1-20-14-6-7-15-11(9-14)8-12(16(17)19-15)10-18-13-4-2-3-5-13/h6-9,13,18H,2-5,10H2,1H3. The van der Waals surface area contributed by atoms with Gasteiger partial charge in [0.1, 0.15) is 10.9 Å². The van der Waals surface area contributed by atoms with Crippen molar-refractivity contribution in [2.24, 2.45) is 0 Å². The van der Waals surface area contributed by atoms with E-state index >= 15 is 0 Å². The summed E-state index contributed by atoms with van der Waals surface area (Å²) < 4.78 is 5.26. The Bertz CT molecular complexity index is 609. The Morgan fingerprint density at radius 2 is 2.10 bits per heavy atom. The van der Waals surface area contributed by atoms with Gasteiger partial charge < -0.3 is 10.1 Å². The molecule has 20 heavy (non-hydrogen) atoms. The summed E-state index contributed by atoms with van der Waals surface area (Å²) in [6, 6.07) is 8.58. The zero-order chi connectivity index (χ0) is 13.9. The highest BCUT2D eigenvalue weighted by Gasteiger charge is 2.15. The van der Waals surface area contributed by atoms with Crippen molar-refractivity contribution in [3.63, 3.8) is 0 Å². The van der Waals surface area contributed by atoms with Gasteiger partial charge in [-0.1, -0.05) is 24.4 Å². The molecule has 0 unspecified atom stereocenters. The highest BCUT2D eigenvalue weighted by Crippen LogP contribution is 2.25. The van der Waals surface area contributed by atoms with E-state index in [4.69, 9.17) is 16.3 Å². The Balaban J connectivity index is 1.83. The molecule has 1 saturated carbocycles. The van der Waals surface area contributed by atoms with Crippen molar-refractivity contribution in [1.82, 2.24) is 10.3 Å². The number of benzene rings is 1. The molecule has 3 nitrogen and oxygen atoms in total. The average molecular weight is 291 g/mol. The van der Waals surface area contributed by atoms with Crippen LogP contribution in [0.15, 0.2) is 24.3 Å². The van der Waals surface area contributed by atoms with Gasteiger partial charge in [-0.05, 0) is 37.1 Å². The van der Waals surface area contributed by atoms with Crippen LogP contribution in [0.1, 0.15) is 31.2 Å². The number of rotatable bonds is 4. The molecule has 3 rings (SSSR count). The van der Waals surface area contributed by atoms with Crippen LogP contribution in [0, 0.1) is 0 Å². The Morgan fingerprint density at radius 1 is 1.30 bits per heavy atom. The monoisotopic (exact) mass is 290 g/mol. The van der Waals surface area contributed by atoms with E-state index in [9.17, 15) is 0 Å². The highest BCUT2D eigenvalue weighted by atomic mass is 35.5. The molecule has 1 N–H and O–H groups in total. The molecule has 1 aliphatic carbocycles.